The molecule has 0 aliphatic rings. The molecule has 15 rings (SSSR count). The highest BCUT2D eigenvalue weighted by Gasteiger charge is 2.38. The van der Waals surface area contributed by atoms with Crippen molar-refractivity contribution < 1.29 is 139 Å². The molecule has 1 N–H and O–H groups in total. The smallest absolute Gasteiger partial charge is 0.425 e. The summed E-state index contributed by atoms with van der Waals surface area (Å²) in [5.74, 6) is -36.4. The van der Waals surface area contributed by atoms with E-state index in [-0.39, 0.29) is 51.4 Å². The molecule has 138 heavy (non-hydrogen) atoms. The summed E-state index contributed by atoms with van der Waals surface area (Å²) >= 11 is 0. The van der Waals surface area contributed by atoms with E-state index in [1.807, 2.05) is 73.6 Å². The van der Waals surface area contributed by atoms with Gasteiger partial charge in [0.25, 0.3) is 10.1 Å². The summed E-state index contributed by atoms with van der Waals surface area (Å²) in [5, 5.41) is 10.1. The van der Waals surface area contributed by atoms with Crippen molar-refractivity contribution in [3.63, 3.8) is 0 Å². The zero-order chi connectivity index (χ0) is 100. The van der Waals surface area contributed by atoms with Crippen LogP contribution in [0.15, 0.2) is 211 Å². The van der Waals surface area contributed by atoms with Gasteiger partial charge in [0.05, 0.1) is 36.5 Å². The van der Waals surface area contributed by atoms with E-state index < -0.39 is 169 Å². The molecule has 0 aliphatic carbocycles. The van der Waals surface area contributed by atoms with Crippen molar-refractivity contribution in [1.29, 1.82) is 5.26 Å². The lowest BCUT2D eigenvalue weighted by Gasteiger charge is -2.17. The van der Waals surface area contributed by atoms with Crippen molar-refractivity contribution in [2.75, 3.05) is 14.2 Å². The summed E-state index contributed by atoms with van der Waals surface area (Å²) in [5.41, 5.74) is 3.67. The highest BCUT2D eigenvalue weighted by Crippen LogP contribution is 2.48. The Morgan fingerprint density at radius 1 is 0.290 bits per heavy atom. The van der Waals surface area contributed by atoms with Crippen molar-refractivity contribution in [1.82, 2.24) is 0 Å². The predicted molar refractivity (Wildman–Crippen MR) is 478 cm³/mol. The number of hydrogen-bond donors (Lipinski definition) is 1. The molecule has 0 spiro atoms. The minimum atomic E-state index is -4.78. The number of aryl methyl sites for hydroxylation is 8. The fraction of sp³-hybridized carbons (Fsp3) is 0.115. The maximum absolute atomic E-state index is 15.1. The minimum Gasteiger partial charge on any atom is -0.496 e. The van der Waals surface area contributed by atoms with Gasteiger partial charge in [-0.15, -0.1) is 12.6 Å². The number of nitriles is 1. The summed E-state index contributed by atoms with van der Waals surface area (Å²) in [6, 6.07) is 56.3. The van der Waals surface area contributed by atoms with Crippen molar-refractivity contribution >= 4 is 26.5 Å². The predicted octanol–water partition coefficient (Wildman–Crippen LogP) is 28.8. The largest absolute Gasteiger partial charge is 0.496 e. The third-order valence-electron chi connectivity index (χ3n) is 21.9. The second-order valence-electron chi connectivity index (χ2n) is 31.2. The Labute approximate surface area is 779 Å². The van der Waals surface area contributed by atoms with Crippen LogP contribution in [-0.4, -0.2) is 45.6 Å². The summed E-state index contributed by atoms with van der Waals surface area (Å²) in [6.45, 7) is 17.1. The maximum Gasteiger partial charge on any atom is 0.425 e. The van der Waals surface area contributed by atoms with Crippen LogP contribution in [0.25, 0.3) is 66.8 Å². The van der Waals surface area contributed by atoms with Gasteiger partial charge in [0, 0.05) is 22.3 Å². The van der Waals surface area contributed by atoms with Crippen LogP contribution in [0.3, 0.4) is 0 Å². The highest BCUT2D eigenvalue weighted by molar-refractivity contribution is 7.86. The molecule has 0 aromatic heterocycles. The lowest BCUT2D eigenvalue weighted by molar-refractivity contribution is 0.103. The van der Waals surface area contributed by atoms with Gasteiger partial charge in [-0.3, -0.25) is 9.35 Å². The molecule has 0 radical (unpaired) electrons. The lowest BCUT2D eigenvalue weighted by atomic mass is 9.96. The summed E-state index contributed by atoms with van der Waals surface area (Å²) in [4.78, 5) is 13.1. The number of benzene rings is 15. The molecule has 706 valence electrons. The highest BCUT2D eigenvalue weighted by atomic mass is 32.2. The van der Waals surface area contributed by atoms with Gasteiger partial charge in [-0.05, 0) is 310 Å². The standard InChI is InChI=1S/C57H25F16NO4.C47H46O8S.O3S/c1-23-40(58)44(62)36(45(63)41(23)59)38-48(66)52(70)56(53(71)49(38)67)77-31-18-10-27(11-19-31)25-6-14-29(15-7-25)75-34-4-3-5-35(33(34)22-74)76-30-16-8-26(9-17-30)28-12-20-32(21-13-28)78-57-54(72)50(68)39(51(69)55(57)73)37-46(64)42(60)24(2)43(61)47(37)65;1-26-17-36(18-27(2)44(26)52-9)38-21-30(5)46(31(6)22-38)54-40-14-11-34(12-15-40)43(48)35-13-16-41(42(25-35)56(49,50)51)55-47-32(7)23-39(24-33(47)8)37-19-28(3)45(53-10)29(4)20-37;1-4(2)3/h3-21H,1-2H3;11-25H,1-10H3,(H,49,50,51);. The minimum absolute atomic E-state index is 0.0177. The van der Waals surface area contributed by atoms with Gasteiger partial charge in [0.1, 0.15) is 85.5 Å². The van der Waals surface area contributed by atoms with E-state index in [9.17, 15) is 58.2 Å². The SMILES string of the molecule is COc1c(C)cc(-c2cc(C)c(Oc3ccc(C(=O)c4ccc(Oc5c(C)cc(-c6cc(C)c(OC)c(C)c6)cc5C)c(S(=O)(=O)O)c4)cc3)c(C)c2)cc1C.Cc1c(F)c(F)c(-c2c(F)c(F)c(Oc3ccc(-c4ccc(Oc5cccc(Oc6ccc(-c7ccc(Oc8c(F)c(F)c(-c9c(F)c(F)c(C)c(F)c9F)c(F)c8F)cc7)cc6)c5C#N)cc4)cc3)c(F)c2F)c(F)c1F.O=S(=O)=O. The van der Waals surface area contributed by atoms with E-state index >= 15 is 35.1 Å². The molecule has 16 nitrogen and oxygen atoms in total. The number of nitrogens with zero attached hydrogens (tertiary/aromatic N) is 1. The zero-order valence-corrected chi connectivity index (χ0v) is 75.7. The molecule has 0 bridgehead atoms. The molecule has 15 aromatic rings. The molecule has 0 amide bonds. The number of hydrogen-bond acceptors (Lipinski definition) is 15. The Morgan fingerprint density at radius 3 is 0.797 bits per heavy atom. The molecule has 0 aliphatic heterocycles. The molecule has 15 aromatic carbocycles. The fourth-order valence-electron chi connectivity index (χ4n) is 15.3. The first-order chi connectivity index (χ1) is 65.3. The van der Waals surface area contributed by atoms with Crippen LogP contribution in [0.2, 0.25) is 0 Å². The van der Waals surface area contributed by atoms with Crippen molar-refractivity contribution in [2.24, 2.45) is 0 Å². The first-order valence-corrected chi connectivity index (χ1v) is 43.2. The Hall–Kier alpha value is -15.7. The number of methoxy groups -OCH3 is 2. The Kier molecular flexibility index (Phi) is 29.5. The van der Waals surface area contributed by atoms with Gasteiger partial charge in [-0.25, -0.2) is 52.7 Å². The van der Waals surface area contributed by atoms with Crippen LogP contribution in [0.1, 0.15) is 77.1 Å². The Bertz CT molecular complexity index is 7260. The van der Waals surface area contributed by atoms with E-state index in [1.54, 1.807) is 68.8 Å². The fourth-order valence-corrected chi connectivity index (χ4v) is 16.0. The molecule has 0 saturated carbocycles. The van der Waals surface area contributed by atoms with E-state index in [4.69, 9.17) is 50.5 Å². The summed E-state index contributed by atoms with van der Waals surface area (Å²) in [7, 11) is -4.56. The second-order valence-corrected chi connectivity index (χ2v) is 33.0. The number of carbonyl (C=O) groups excluding carboxylic acids is 1. The van der Waals surface area contributed by atoms with E-state index in [1.165, 1.54) is 72.8 Å². The van der Waals surface area contributed by atoms with Crippen LogP contribution in [0.5, 0.6) is 80.5 Å². The molecule has 0 saturated heterocycles. The van der Waals surface area contributed by atoms with Gasteiger partial charge < -0.3 is 37.9 Å². The quantitative estimate of drug-likeness (QED) is 0.0272. The number of ketones is 1. The second kappa shape index (κ2) is 40.8. The van der Waals surface area contributed by atoms with Gasteiger partial charge in [-0.2, -0.15) is 31.2 Å². The van der Waals surface area contributed by atoms with Crippen LogP contribution in [0.4, 0.5) is 70.2 Å². The van der Waals surface area contributed by atoms with Crippen molar-refractivity contribution in [3.8, 4) is 153 Å². The number of carbonyl (C=O) groups is 1. The van der Waals surface area contributed by atoms with Gasteiger partial charge in [-0.1, -0.05) is 54.6 Å². The number of halogens is 16. The van der Waals surface area contributed by atoms with Crippen molar-refractivity contribution in [3.05, 3.63) is 372 Å². The molecule has 0 unspecified atom stereocenters. The summed E-state index contributed by atoms with van der Waals surface area (Å²) in [6.07, 6.45) is 0. The summed E-state index contributed by atoms with van der Waals surface area (Å²) < 4.78 is 342. The normalized spacial score (nSPS) is 11.1. The third-order valence-corrected chi connectivity index (χ3v) is 22.8. The first-order valence-electron chi connectivity index (χ1n) is 40.8. The molecule has 34 heteroatoms. The van der Waals surface area contributed by atoms with Gasteiger partial charge >= 0.3 is 10.6 Å². The molecule has 0 atom stereocenters. The molecule has 0 heterocycles. The molecular formula is C104H71F16NO15S2. The average molecular weight is 1940 g/mol. The van der Waals surface area contributed by atoms with Crippen LogP contribution in [-0.2, 0) is 20.7 Å². The van der Waals surface area contributed by atoms with Gasteiger partial charge in [0.2, 0.25) is 34.8 Å². The van der Waals surface area contributed by atoms with Crippen molar-refractivity contribution in [2.45, 2.75) is 74.1 Å². The van der Waals surface area contributed by atoms with E-state index in [0.29, 0.717) is 58.9 Å². The number of rotatable bonds is 23. The maximum atomic E-state index is 15.1. The van der Waals surface area contributed by atoms with Crippen LogP contribution >= 0.6 is 0 Å². The lowest BCUT2D eigenvalue weighted by Crippen LogP contribution is -2.09. The Balaban J connectivity index is 0.000000236. The monoisotopic (exact) mass is 1940 g/mol. The first kappa shape index (κ1) is 99.7. The molecular weight excluding hydrogens is 1870 g/mol. The van der Waals surface area contributed by atoms with E-state index in [0.717, 1.165) is 109 Å². The van der Waals surface area contributed by atoms with Gasteiger partial charge in [0.15, 0.2) is 75.6 Å². The van der Waals surface area contributed by atoms with E-state index in [2.05, 4.69) is 36.4 Å². The zero-order valence-electron chi connectivity index (χ0n) is 74.1. The van der Waals surface area contributed by atoms with Crippen LogP contribution in [0, 0.1) is 174 Å². The number of ether oxygens (including phenoxy) is 8. The Morgan fingerprint density at radius 2 is 0.529 bits per heavy atom. The van der Waals surface area contributed by atoms with Crippen LogP contribution < -0.4 is 37.9 Å². The topological polar surface area (TPSA) is 220 Å². The average Bonchev–Trinajstić information content (AvgIpc) is 0.747. The molecule has 0 fully saturated rings. The third kappa shape index (κ3) is 20.4.